The van der Waals surface area contributed by atoms with Crippen LogP contribution in [0.4, 0.5) is 0 Å². The molecular weight excluding hydrogens is 198 g/mol. The summed E-state index contributed by atoms with van der Waals surface area (Å²) in [5.74, 6) is 0. The molecule has 0 bridgehead atoms. The molecule has 0 N–H and O–H groups in total. The van der Waals surface area contributed by atoms with Crippen molar-refractivity contribution >= 4 is 23.1 Å². The van der Waals surface area contributed by atoms with Crippen molar-refractivity contribution in [2.75, 3.05) is 0 Å². The summed E-state index contributed by atoms with van der Waals surface area (Å²) in [6, 6.07) is 10.3. The molecule has 0 spiro atoms. The van der Waals surface area contributed by atoms with Gasteiger partial charge < -0.3 is 0 Å². The van der Waals surface area contributed by atoms with Crippen LogP contribution in [0.1, 0.15) is 0 Å². The fraction of sp³-hybridized carbons (Fsp3) is 0. The molecule has 0 aliphatic carbocycles. The summed E-state index contributed by atoms with van der Waals surface area (Å²) in [5.41, 5.74) is 1.22. The van der Waals surface area contributed by atoms with Crippen LogP contribution in [0, 0.1) is 6.26 Å². The van der Waals surface area contributed by atoms with Gasteiger partial charge in [0.1, 0.15) is 4.34 Å². The van der Waals surface area contributed by atoms with E-state index in [1.807, 2.05) is 24.4 Å². The van der Waals surface area contributed by atoms with Gasteiger partial charge in [0, 0.05) is 12.5 Å². The van der Waals surface area contributed by atoms with Crippen molar-refractivity contribution in [2.24, 2.45) is 0 Å². The molecule has 0 amide bonds. The first kappa shape index (κ1) is 8.78. The molecule has 1 radical (unpaired) electrons. The average molecular weight is 206 g/mol. The van der Waals surface area contributed by atoms with Gasteiger partial charge in [0.25, 0.3) is 0 Å². The Morgan fingerprint density at radius 1 is 1.23 bits per heavy atom. The van der Waals surface area contributed by atoms with Crippen LogP contribution in [0.2, 0.25) is 0 Å². The fourth-order valence-electron chi connectivity index (χ4n) is 1.06. The van der Waals surface area contributed by atoms with Crippen LogP contribution < -0.4 is 0 Å². The Morgan fingerprint density at radius 3 is 2.62 bits per heavy atom. The molecule has 1 heterocycles. The Hall–Kier alpha value is -0.800. The van der Waals surface area contributed by atoms with Crippen LogP contribution in [0.3, 0.4) is 0 Å². The molecule has 0 saturated carbocycles. The summed E-state index contributed by atoms with van der Waals surface area (Å²) < 4.78 is 1.01. The Balaban J connectivity index is 2.36. The molecule has 2 rings (SSSR count). The first-order valence-corrected chi connectivity index (χ1v) is 5.63. The van der Waals surface area contributed by atoms with Crippen molar-refractivity contribution in [3.05, 3.63) is 42.8 Å². The third-order valence-corrected chi connectivity index (χ3v) is 3.46. The molecular formula is C10H8NS2. The second-order valence-electron chi connectivity index (χ2n) is 2.50. The lowest BCUT2D eigenvalue weighted by atomic mass is 10.2. The van der Waals surface area contributed by atoms with Gasteiger partial charge in [-0.05, 0) is 5.56 Å². The average Bonchev–Trinajstić information content (AvgIpc) is 2.67. The normalized spacial score (nSPS) is 10.2. The highest BCUT2D eigenvalue weighted by Crippen LogP contribution is 2.30. The summed E-state index contributed by atoms with van der Waals surface area (Å²) in [6.45, 7) is 0. The van der Waals surface area contributed by atoms with Crippen LogP contribution in [0.5, 0.6) is 0 Å². The maximum atomic E-state index is 4.23. The maximum absolute atomic E-state index is 4.23. The van der Waals surface area contributed by atoms with E-state index < -0.39 is 0 Å². The summed E-state index contributed by atoms with van der Waals surface area (Å²) in [7, 11) is 0. The third kappa shape index (κ3) is 1.92. The lowest BCUT2D eigenvalue weighted by molar-refractivity contribution is 1.26. The van der Waals surface area contributed by atoms with E-state index in [4.69, 9.17) is 0 Å². The quantitative estimate of drug-likeness (QED) is 0.695. The molecule has 65 valence electrons. The van der Waals surface area contributed by atoms with Crippen LogP contribution >= 0.6 is 23.1 Å². The summed E-state index contributed by atoms with van der Waals surface area (Å²) >= 11 is 3.12. The zero-order valence-electron chi connectivity index (χ0n) is 6.93. The van der Waals surface area contributed by atoms with Crippen molar-refractivity contribution in [3.8, 4) is 10.4 Å². The predicted octanol–water partition coefficient (Wildman–Crippen LogP) is 3.69. The van der Waals surface area contributed by atoms with Gasteiger partial charge in [-0.2, -0.15) is 0 Å². The van der Waals surface area contributed by atoms with Gasteiger partial charge >= 0.3 is 0 Å². The number of hydrogen-bond donors (Lipinski definition) is 0. The lowest BCUT2D eigenvalue weighted by Crippen LogP contribution is -1.67. The van der Waals surface area contributed by atoms with Gasteiger partial charge in [-0.25, -0.2) is 4.98 Å². The molecule has 13 heavy (non-hydrogen) atoms. The van der Waals surface area contributed by atoms with Gasteiger partial charge in [0.05, 0.1) is 4.88 Å². The molecule has 0 aliphatic heterocycles. The molecule has 0 fully saturated rings. The SMILES string of the molecule is [CH2]Sc1ncc(-c2ccccc2)s1. The minimum Gasteiger partial charge on any atom is -0.237 e. The number of nitrogens with zero attached hydrogens (tertiary/aromatic N) is 1. The van der Waals surface area contributed by atoms with Crippen molar-refractivity contribution in [1.82, 2.24) is 4.98 Å². The minimum atomic E-state index is 1.01. The van der Waals surface area contributed by atoms with E-state index in [9.17, 15) is 0 Å². The van der Waals surface area contributed by atoms with Crippen LogP contribution in [-0.4, -0.2) is 4.98 Å². The van der Waals surface area contributed by atoms with E-state index in [1.165, 1.54) is 22.2 Å². The molecule has 0 atom stereocenters. The molecule has 0 saturated heterocycles. The Kier molecular flexibility index (Phi) is 2.66. The summed E-state index contributed by atoms with van der Waals surface area (Å²) in [5, 5.41) is 0. The number of hydrogen-bond acceptors (Lipinski definition) is 3. The Labute approximate surface area is 85.8 Å². The number of benzene rings is 1. The van der Waals surface area contributed by atoms with Crippen molar-refractivity contribution in [3.63, 3.8) is 0 Å². The van der Waals surface area contributed by atoms with E-state index in [0.29, 0.717) is 0 Å². The largest absolute Gasteiger partial charge is 0.237 e. The van der Waals surface area contributed by atoms with E-state index >= 15 is 0 Å². The van der Waals surface area contributed by atoms with Crippen LogP contribution in [0.25, 0.3) is 10.4 Å². The lowest BCUT2D eigenvalue weighted by Gasteiger charge is -1.92. The number of thioether (sulfide) groups is 1. The van der Waals surface area contributed by atoms with Gasteiger partial charge in [0.2, 0.25) is 0 Å². The number of aromatic nitrogens is 1. The fourth-order valence-corrected chi connectivity index (χ4v) is 2.35. The Morgan fingerprint density at radius 2 is 2.00 bits per heavy atom. The van der Waals surface area contributed by atoms with Gasteiger partial charge in [-0.3, -0.25) is 0 Å². The van der Waals surface area contributed by atoms with Crippen molar-refractivity contribution in [2.45, 2.75) is 4.34 Å². The van der Waals surface area contributed by atoms with Gasteiger partial charge in [-0.15, -0.1) is 11.3 Å². The zero-order chi connectivity index (χ0) is 9.10. The summed E-state index contributed by atoms with van der Waals surface area (Å²) in [4.78, 5) is 5.43. The van der Waals surface area contributed by atoms with Crippen LogP contribution in [0.15, 0.2) is 40.9 Å². The van der Waals surface area contributed by atoms with Gasteiger partial charge in [0.15, 0.2) is 0 Å². The van der Waals surface area contributed by atoms with E-state index in [2.05, 4.69) is 23.4 Å². The number of thiazole rings is 1. The molecule has 1 aromatic carbocycles. The topological polar surface area (TPSA) is 12.9 Å². The zero-order valence-corrected chi connectivity index (χ0v) is 8.57. The predicted molar refractivity (Wildman–Crippen MR) is 58.8 cm³/mol. The number of rotatable bonds is 2. The molecule has 2 aromatic rings. The van der Waals surface area contributed by atoms with Crippen molar-refractivity contribution in [1.29, 1.82) is 0 Å². The molecule has 1 nitrogen and oxygen atoms in total. The first-order valence-electron chi connectivity index (χ1n) is 3.83. The third-order valence-electron chi connectivity index (χ3n) is 1.67. The van der Waals surface area contributed by atoms with Gasteiger partial charge in [-0.1, -0.05) is 42.1 Å². The molecule has 3 heteroatoms. The minimum absolute atomic E-state index is 1.01. The monoisotopic (exact) mass is 206 g/mol. The van der Waals surface area contributed by atoms with E-state index in [1.54, 1.807) is 11.3 Å². The molecule has 0 aliphatic rings. The van der Waals surface area contributed by atoms with Crippen LogP contribution in [-0.2, 0) is 0 Å². The standard InChI is InChI=1S/C10H8NS2/c1-12-10-11-7-9(13-10)8-5-3-2-4-6-8/h2-7H,1H2. The maximum Gasteiger partial charge on any atom is 0.150 e. The van der Waals surface area contributed by atoms with E-state index in [-0.39, 0.29) is 0 Å². The smallest absolute Gasteiger partial charge is 0.150 e. The van der Waals surface area contributed by atoms with E-state index in [0.717, 1.165) is 4.34 Å². The second-order valence-corrected chi connectivity index (χ2v) is 4.47. The highest BCUT2D eigenvalue weighted by Gasteiger charge is 2.01. The summed E-state index contributed by atoms with van der Waals surface area (Å²) in [6.07, 6.45) is 5.62. The highest BCUT2D eigenvalue weighted by molar-refractivity contribution is 8.02. The van der Waals surface area contributed by atoms with Crippen molar-refractivity contribution < 1.29 is 0 Å². The first-order chi connectivity index (χ1) is 6.40. The Bertz CT molecular complexity index is 381. The highest BCUT2D eigenvalue weighted by atomic mass is 32.2. The second kappa shape index (κ2) is 3.94. The molecule has 1 aromatic heterocycles. The molecule has 0 unspecified atom stereocenters.